The van der Waals surface area contributed by atoms with Crippen LogP contribution in [0.25, 0.3) is 0 Å². The molecule has 2 rings (SSSR count). The fraction of sp³-hybridized carbons (Fsp3) is 0.333. The number of benzene rings is 1. The van der Waals surface area contributed by atoms with Gasteiger partial charge in [0, 0.05) is 5.02 Å². The summed E-state index contributed by atoms with van der Waals surface area (Å²) in [4.78, 5) is 12.2. The van der Waals surface area contributed by atoms with Crippen molar-refractivity contribution in [1.29, 1.82) is 0 Å². The van der Waals surface area contributed by atoms with Crippen LogP contribution in [0.1, 0.15) is 29.9 Å². The number of carbonyl (C=O) groups excluding carboxylic acids is 1. The van der Waals surface area contributed by atoms with Crippen LogP contribution >= 0.6 is 34.8 Å². The SMILES string of the molecule is Cc1nn(CC(=O)NC(C)c2cc(F)c(Cl)cc2Cl)c(C)c1Cl. The van der Waals surface area contributed by atoms with E-state index in [2.05, 4.69) is 10.4 Å². The highest BCUT2D eigenvalue weighted by atomic mass is 35.5. The van der Waals surface area contributed by atoms with Crippen molar-refractivity contribution in [3.8, 4) is 0 Å². The number of nitrogens with one attached hydrogen (secondary N) is 1. The largest absolute Gasteiger partial charge is 0.348 e. The van der Waals surface area contributed by atoms with Crippen LogP contribution in [0.5, 0.6) is 0 Å². The van der Waals surface area contributed by atoms with Gasteiger partial charge in [-0.2, -0.15) is 5.10 Å². The van der Waals surface area contributed by atoms with Gasteiger partial charge in [0.15, 0.2) is 0 Å². The van der Waals surface area contributed by atoms with E-state index in [9.17, 15) is 9.18 Å². The van der Waals surface area contributed by atoms with E-state index in [1.165, 1.54) is 16.8 Å². The minimum atomic E-state index is -0.586. The first-order valence-corrected chi connectivity index (χ1v) is 7.97. The van der Waals surface area contributed by atoms with Crippen LogP contribution in [0.15, 0.2) is 12.1 Å². The molecule has 8 heteroatoms. The summed E-state index contributed by atoms with van der Waals surface area (Å²) in [5.74, 6) is -0.872. The molecule has 1 atom stereocenters. The monoisotopic (exact) mass is 377 g/mol. The van der Waals surface area contributed by atoms with Gasteiger partial charge in [0.05, 0.1) is 27.5 Å². The number of aromatic nitrogens is 2. The second kappa shape index (κ2) is 7.07. The molecule has 4 nitrogen and oxygen atoms in total. The van der Waals surface area contributed by atoms with Gasteiger partial charge in [-0.3, -0.25) is 9.48 Å². The number of amides is 1. The molecule has 1 amide bonds. The summed E-state index contributed by atoms with van der Waals surface area (Å²) in [5.41, 5.74) is 1.82. The number of hydrogen-bond acceptors (Lipinski definition) is 2. The predicted molar refractivity (Wildman–Crippen MR) is 89.7 cm³/mol. The molecule has 124 valence electrons. The normalized spacial score (nSPS) is 12.3. The minimum absolute atomic E-state index is 0.0113. The number of nitrogens with zero attached hydrogens (tertiary/aromatic N) is 2. The van der Waals surface area contributed by atoms with E-state index in [0.717, 1.165) is 0 Å². The molecule has 0 aliphatic carbocycles. The lowest BCUT2D eigenvalue weighted by Crippen LogP contribution is -2.31. The summed E-state index contributed by atoms with van der Waals surface area (Å²) < 4.78 is 15.1. The Balaban J connectivity index is 2.11. The predicted octanol–water partition coefficient (Wildman–Crippen LogP) is 4.48. The molecule has 23 heavy (non-hydrogen) atoms. The van der Waals surface area contributed by atoms with Gasteiger partial charge in [0.25, 0.3) is 0 Å². The summed E-state index contributed by atoms with van der Waals surface area (Å²) >= 11 is 17.8. The van der Waals surface area contributed by atoms with Crippen molar-refractivity contribution < 1.29 is 9.18 Å². The van der Waals surface area contributed by atoms with Gasteiger partial charge in [-0.15, -0.1) is 0 Å². The quantitative estimate of drug-likeness (QED) is 0.798. The van der Waals surface area contributed by atoms with Gasteiger partial charge < -0.3 is 5.32 Å². The van der Waals surface area contributed by atoms with Crippen LogP contribution in [-0.4, -0.2) is 15.7 Å². The third-order valence-electron chi connectivity index (χ3n) is 3.47. The first kappa shape index (κ1) is 18.0. The molecule has 0 aliphatic heterocycles. The summed E-state index contributed by atoms with van der Waals surface area (Å²) in [6, 6.07) is 2.06. The van der Waals surface area contributed by atoms with Crippen LogP contribution in [0.3, 0.4) is 0 Å². The topological polar surface area (TPSA) is 46.9 Å². The van der Waals surface area contributed by atoms with Gasteiger partial charge in [-0.1, -0.05) is 34.8 Å². The Hall–Kier alpha value is -1.30. The Labute approximate surface area is 148 Å². The molecule has 1 heterocycles. The van der Waals surface area contributed by atoms with Gasteiger partial charge in [0.1, 0.15) is 12.4 Å². The number of aryl methyl sites for hydroxylation is 1. The summed E-state index contributed by atoms with van der Waals surface area (Å²) in [7, 11) is 0. The molecule has 1 unspecified atom stereocenters. The number of carbonyl (C=O) groups is 1. The number of rotatable bonds is 4. The molecule has 0 radical (unpaired) electrons. The molecule has 0 bridgehead atoms. The van der Waals surface area contributed by atoms with Crippen LogP contribution in [0.2, 0.25) is 15.1 Å². The molecule has 0 saturated carbocycles. The fourth-order valence-electron chi connectivity index (χ4n) is 2.20. The summed E-state index contributed by atoms with van der Waals surface area (Å²) in [6.45, 7) is 5.27. The average Bonchev–Trinajstić information content (AvgIpc) is 2.70. The van der Waals surface area contributed by atoms with Crippen LogP contribution in [-0.2, 0) is 11.3 Å². The van der Waals surface area contributed by atoms with Gasteiger partial charge in [-0.25, -0.2) is 4.39 Å². The van der Waals surface area contributed by atoms with Crippen LogP contribution in [0.4, 0.5) is 4.39 Å². The van der Waals surface area contributed by atoms with Crippen LogP contribution in [0, 0.1) is 19.7 Å². The van der Waals surface area contributed by atoms with Crippen molar-refractivity contribution in [1.82, 2.24) is 15.1 Å². The van der Waals surface area contributed by atoms with Crippen molar-refractivity contribution in [2.45, 2.75) is 33.4 Å². The van der Waals surface area contributed by atoms with Crippen molar-refractivity contribution in [2.75, 3.05) is 0 Å². The third-order valence-corrected chi connectivity index (χ3v) is 4.63. The lowest BCUT2D eigenvalue weighted by atomic mass is 10.1. The van der Waals surface area contributed by atoms with E-state index >= 15 is 0 Å². The molecule has 0 aliphatic rings. The van der Waals surface area contributed by atoms with E-state index in [4.69, 9.17) is 34.8 Å². The maximum Gasteiger partial charge on any atom is 0.242 e. The molecular formula is C15H15Cl3FN3O. The molecule has 0 fully saturated rings. The van der Waals surface area contributed by atoms with E-state index in [0.29, 0.717) is 27.0 Å². The minimum Gasteiger partial charge on any atom is -0.348 e. The Morgan fingerprint density at radius 1 is 1.30 bits per heavy atom. The zero-order valence-electron chi connectivity index (χ0n) is 12.8. The molecule has 2 aromatic rings. The maximum atomic E-state index is 13.6. The van der Waals surface area contributed by atoms with Gasteiger partial charge >= 0.3 is 0 Å². The van der Waals surface area contributed by atoms with Gasteiger partial charge in [0.2, 0.25) is 5.91 Å². The number of halogens is 4. The zero-order chi connectivity index (χ0) is 17.3. The highest BCUT2D eigenvalue weighted by molar-refractivity contribution is 6.35. The molecule has 0 saturated heterocycles. The van der Waals surface area contributed by atoms with Crippen molar-refractivity contribution in [2.24, 2.45) is 0 Å². The Morgan fingerprint density at radius 3 is 2.52 bits per heavy atom. The molecular weight excluding hydrogens is 364 g/mol. The van der Waals surface area contributed by atoms with Crippen LogP contribution < -0.4 is 5.32 Å². The Kier molecular flexibility index (Phi) is 5.55. The second-order valence-electron chi connectivity index (χ2n) is 5.22. The average molecular weight is 379 g/mol. The highest BCUT2D eigenvalue weighted by Crippen LogP contribution is 2.28. The molecule has 1 N–H and O–H groups in total. The van der Waals surface area contributed by atoms with E-state index in [-0.39, 0.29) is 17.5 Å². The zero-order valence-corrected chi connectivity index (χ0v) is 15.0. The standard InChI is InChI=1S/C15H15Cl3FN3O/c1-7(10-4-13(19)12(17)5-11(10)16)20-14(23)6-22-9(3)15(18)8(2)21-22/h4-5,7H,6H2,1-3H3,(H,20,23). The molecule has 1 aromatic carbocycles. The molecule has 1 aromatic heterocycles. The van der Waals surface area contributed by atoms with Crippen molar-refractivity contribution >= 4 is 40.7 Å². The molecule has 0 spiro atoms. The Bertz CT molecular complexity index is 761. The number of hydrogen-bond donors (Lipinski definition) is 1. The fourth-order valence-corrected chi connectivity index (χ4v) is 2.88. The van der Waals surface area contributed by atoms with E-state index in [1.54, 1.807) is 20.8 Å². The first-order chi connectivity index (χ1) is 10.7. The maximum absolute atomic E-state index is 13.6. The van der Waals surface area contributed by atoms with E-state index in [1.807, 2.05) is 0 Å². The third kappa shape index (κ3) is 3.97. The lowest BCUT2D eigenvalue weighted by Gasteiger charge is -2.16. The van der Waals surface area contributed by atoms with E-state index < -0.39 is 11.9 Å². The van der Waals surface area contributed by atoms with Crippen molar-refractivity contribution in [3.63, 3.8) is 0 Å². The second-order valence-corrected chi connectivity index (χ2v) is 6.41. The first-order valence-electron chi connectivity index (χ1n) is 6.84. The summed E-state index contributed by atoms with van der Waals surface area (Å²) in [5, 5.41) is 7.71. The summed E-state index contributed by atoms with van der Waals surface area (Å²) in [6.07, 6.45) is 0. The van der Waals surface area contributed by atoms with Crippen molar-refractivity contribution in [3.05, 3.63) is 50.0 Å². The van der Waals surface area contributed by atoms with Gasteiger partial charge in [-0.05, 0) is 38.5 Å². The Morgan fingerprint density at radius 2 is 1.96 bits per heavy atom. The smallest absolute Gasteiger partial charge is 0.242 e. The highest BCUT2D eigenvalue weighted by Gasteiger charge is 2.17. The lowest BCUT2D eigenvalue weighted by molar-refractivity contribution is -0.122.